The molecule has 1 N–H and O–H groups in total. The SMILES string of the molecule is CC1(C2=NOC3(C2)CC3OC(=O)C(F)(F)F)C2CNCC21. The summed E-state index contributed by atoms with van der Waals surface area (Å²) in [5.41, 5.74) is 0.0593. The van der Waals surface area contributed by atoms with Crippen molar-refractivity contribution in [2.45, 2.75) is 37.6 Å². The minimum atomic E-state index is -4.96. The molecule has 1 saturated heterocycles. The van der Waals surface area contributed by atoms with E-state index in [1.54, 1.807) is 0 Å². The molecule has 0 amide bonds. The number of rotatable bonds is 2. The average Bonchev–Trinajstić information content (AvgIpc) is 3.02. The molecule has 2 heterocycles. The molecule has 1 spiro atoms. The van der Waals surface area contributed by atoms with Crippen LogP contribution >= 0.6 is 0 Å². The summed E-state index contributed by atoms with van der Waals surface area (Å²) in [5.74, 6) is -1.09. The number of oxime groups is 1. The highest BCUT2D eigenvalue weighted by molar-refractivity contribution is 5.95. The van der Waals surface area contributed by atoms with Crippen molar-refractivity contribution in [3.8, 4) is 0 Å². The van der Waals surface area contributed by atoms with E-state index in [-0.39, 0.29) is 11.8 Å². The van der Waals surface area contributed by atoms with Gasteiger partial charge in [0.15, 0.2) is 5.60 Å². The quantitative estimate of drug-likeness (QED) is 0.780. The van der Waals surface area contributed by atoms with E-state index in [1.807, 2.05) is 0 Å². The molecule has 116 valence electrons. The van der Waals surface area contributed by atoms with Gasteiger partial charge in [-0.05, 0) is 24.9 Å². The molecule has 0 radical (unpaired) electrons. The van der Waals surface area contributed by atoms with Gasteiger partial charge in [0.25, 0.3) is 0 Å². The zero-order chi connectivity index (χ0) is 15.0. The number of nitrogens with zero attached hydrogens (tertiary/aromatic N) is 1. The van der Waals surface area contributed by atoms with Crippen LogP contribution in [0.4, 0.5) is 13.2 Å². The fraction of sp³-hybridized carbons (Fsp3) is 0.846. The molecule has 4 unspecified atom stereocenters. The van der Waals surface area contributed by atoms with Crippen molar-refractivity contribution in [3.05, 3.63) is 0 Å². The first-order valence-electron chi connectivity index (χ1n) is 7.01. The highest BCUT2D eigenvalue weighted by atomic mass is 19.4. The van der Waals surface area contributed by atoms with Gasteiger partial charge in [-0.25, -0.2) is 4.79 Å². The Kier molecular flexibility index (Phi) is 2.36. The Morgan fingerprint density at radius 2 is 2.10 bits per heavy atom. The van der Waals surface area contributed by atoms with Crippen LogP contribution in [0.1, 0.15) is 19.8 Å². The number of esters is 1. The van der Waals surface area contributed by atoms with Crippen LogP contribution in [0.2, 0.25) is 0 Å². The average molecular weight is 304 g/mol. The van der Waals surface area contributed by atoms with Crippen LogP contribution < -0.4 is 5.32 Å². The topological polar surface area (TPSA) is 59.9 Å². The first kappa shape index (κ1) is 13.4. The number of piperidine rings is 1. The minimum Gasteiger partial charge on any atom is -0.451 e. The number of hydrogen-bond donors (Lipinski definition) is 1. The van der Waals surface area contributed by atoms with Crippen LogP contribution in [0.15, 0.2) is 5.16 Å². The standard InChI is InChI=1S/C13H15F3N2O3/c1-11(6-4-17-5-7(6)11)8-2-12(21-18-8)3-9(12)20-10(19)13(14,15)16/h6-7,9,17H,2-5H2,1H3. The number of fused-ring (bicyclic) bond motifs is 1. The summed E-state index contributed by atoms with van der Waals surface area (Å²) in [4.78, 5) is 16.2. The molecule has 0 bridgehead atoms. The van der Waals surface area contributed by atoms with E-state index in [1.165, 1.54) is 0 Å². The lowest BCUT2D eigenvalue weighted by atomic mass is 9.92. The second-order valence-corrected chi connectivity index (χ2v) is 6.62. The summed E-state index contributed by atoms with van der Waals surface area (Å²) in [7, 11) is 0. The van der Waals surface area contributed by atoms with Crippen molar-refractivity contribution in [1.29, 1.82) is 0 Å². The summed E-state index contributed by atoms with van der Waals surface area (Å²) < 4.78 is 41.0. The Morgan fingerprint density at radius 1 is 1.43 bits per heavy atom. The number of carbonyl (C=O) groups is 1. The van der Waals surface area contributed by atoms with Gasteiger partial charge in [-0.3, -0.25) is 0 Å². The van der Waals surface area contributed by atoms with Crippen LogP contribution in [0.25, 0.3) is 0 Å². The number of ether oxygens (including phenoxy) is 1. The monoisotopic (exact) mass is 304 g/mol. The molecule has 4 aliphatic rings. The van der Waals surface area contributed by atoms with Gasteiger partial charge in [0.1, 0.15) is 6.10 Å². The zero-order valence-corrected chi connectivity index (χ0v) is 11.4. The maximum Gasteiger partial charge on any atom is 0.490 e. The lowest BCUT2D eigenvalue weighted by Gasteiger charge is -2.15. The van der Waals surface area contributed by atoms with Crippen LogP contribution in [0.5, 0.6) is 0 Å². The number of halogens is 3. The molecule has 3 fully saturated rings. The second kappa shape index (κ2) is 3.71. The van der Waals surface area contributed by atoms with Gasteiger partial charge in [-0.2, -0.15) is 13.2 Å². The van der Waals surface area contributed by atoms with Crippen LogP contribution in [-0.2, 0) is 14.4 Å². The molecule has 2 saturated carbocycles. The highest BCUT2D eigenvalue weighted by Gasteiger charge is 2.72. The maximum atomic E-state index is 12.2. The Hall–Kier alpha value is -1.31. The van der Waals surface area contributed by atoms with Gasteiger partial charge in [0.05, 0.1) is 5.71 Å². The third-order valence-corrected chi connectivity index (χ3v) is 5.51. The predicted molar refractivity (Wildman–Crippen MR) is 64.4 cm³/mol. The van der Waals surface area contributed by atoms with Gasteiger partial charge in [0, 0.05) is 18.3 Å². The largest absolute Gasteiger partial charge is 0.490 e. The molecule has 4 atom stereocenters. The van der Waals surface area contributed by atoms with Gasteiger partial charge >= 0.3 is 12.1 Å². The van der Waals surface area contributed by atoms with Crippen LogP contribution in [0, 0.1) is 17.3 Å². The van der Waals surface area contributed by atoms with E-state index in [9.17, 15) is 18.0 Å². The molecular weight excluding hydrogens is 289 g/mol. The number of carbonyl (C=O) groups excluding carboxylic acids is 1. The normalized spacial score (nSPS) is 46.9. The summed E-state index contributed by atoms with van der Waals surface area (Å²) in [5, 5.41) is 7.40. The molecule has 21 heavy (non-hydrogen) atoms. The van der Waals surface area contributed by atoms with Crippen LogP contribution in [-0.4, -0.2) is 42.7 Å². The van der Waals surface area contributed by atoms with E-state index in [0.717, 1.165) is 18.8 Å². The molecule has 0 aromatic heterocycles. The van der Waals surface area contributed by atoms with E-state index >= 15 is 0 Å². The number of hydrogen-bond acceptors (Lipinski definition) is 5. The first-order valence-corrected chi connectivity index (χ1v) is 7.01. The molecule has 4 rings (SSSR count). The predicted octanol–water partition coefficient (Wildman–Crippen LogP) is 1.23. The third kappa shape index (κ3) is 1.74. The van der Waals surface area contributed by atoms with Crippen molar-refractivity contribution in [1.82, 2.24) is 5.32 Å². The fourth-order valence-corrected chi connectivity index (χ4v) is 3.89. The van der Waals surface area contributed by atoms with Gasteiger partial charge in [-0.1, -0.05) is 12.1 Å². The summed E-state index contributed by atoms with van der Waals surface area (Å²) in [6.45, 7) is 4.02. The van der Waals surface area contributed by atoms with Gasteiger partial charge < -0.3 is 14.9 Å². The molecule has 8 heteroatoms. The first-order chi connectivity index (χ1) is 9.77. The van der Waals surface area contributed by atoms with E-state index in [0.29, 0.717) is 18.3 Å². The molecule has 0 aromatic rings. The smallest absolute Gasteiger partial charge is 0.451 e. The van der Waals surface area contributed by atoms with E-state index in [2.05, 4.69) is 22.1 Å². The Morgan fingerprint density at radius 3 is 2.71 bits per heavy atom. The minimum absolute atomic E-state index is 0.00404. The molecule has 2 aliphatic carbocycles. The zero-order valence-electron chi connectivity index (χ0n) is 11.4. The molecular formula is C13H15F3N2O3. The molecule has 5 nitrogen and oxygen atoms in total. The van der Waals surface area contributed by atoms with E-state index < -0.39 is 23.9 Å². The number of alkyl halides is 3. The van der Waals surface area contributed by atoms with Crippen molar-refractivity contribution in [2.75, 3.05) is 13.1 Å². The number of nitrogens with one attached hydrogen (secondary N) is 1. The van der Waals surface area contributed by atoms with Crippen molar-refractivity contribution < 1.29 is 27.5 Å². The summed E-state index contributed by atoms with van der Waals surface area (Å²) >= 11 is 0. The summed E-state index contributed by atoms with van der Waals surface area (Å²) in [6, 6.07) is 0. The third-order valence-electron chi connectivity index (χ3n) is 5.51. The Labute approximate surface area is 118 Å². The van der Waals surface area contributed by atoms with Crippen molar-refractivity contribution >= 4 is 11.7 Å². The highest BCUT2D eigenvalue weighted by Crippen LogP contribution is 2.64. The second-order valence-electron chi connectivity index (χ2n) is 6.62. The van der Waals surface area contributed by atoms with Gasteiger partial charge in [0.2, 0.25) is 0 Å². The Balaban J connectivity index is 1.38. The Bertz CT molecular complexity index is 537. The molecule has 0 aromatic carbocycles. The maximum absolute atomic E-state index is 12.2. The lowest BCUT2D eigenvalue weighted by Crippen LogP contribution is -2.30. The van der Waals surface area contributed by atoms with Crippen LogP contribution in [0.3, 0.4) is 0 Å². The van der Waals surface area contributed by atoms with Crippen molar-refractivity contribution in [2.24, 2.45) is 22.4 Å². The molecule has 2 aliphatic heterocycles. The van der Waals surface area contributed by atoms with E-state index in [4.69, 9.17) is 4.84 Å². The fourth-order valence-electron chi connectivity index (χ4n) is 3.89. The van der Waals surface area contributed by atoms with Crippen molar-refractivity contribution in [3.63, 3.8) is 0 Å². The van der Waals surface area contributed by atoms with Gasteiger partial charge in [-0.15, -0.1) is 0 Å². The lowest BCUT2D eigenvalue weighted by molar-refractivity contribution is -0.203. The summed E-state index contributed by atoms with van der Waals surface area (Å²) in [6.07, 6.45) is -5.05.